The lowest BCUT2D eigenvalue weighted by Gasteiger charge is -2.48. The third-order valence-electron chi connectivity index (χ3n) is 9.62. The molecule has 1 amide bonds. The molecule has 2 fully saturated rings. The Morgan fingerprint density at radius 3 is 2.02 bits per heavy atom. The van der Waals surface area contributed by atoms with Crippen LogP contribution in [0.25, 0.3) is 0 Å². The van der Waals surface area contributed by atoms with Gasteiger partial charge in [0.1, 0.15) is 30.4 Å². The van der Waals surface area contributed by atoms with Crippen molar-refractivity contribution in [2.24, 2.45) is 11.8 Å². The number of ether oxygens (including phenoxy) is 5. The van der Waals surface area contributed by atoms with Gasteiger partial charge in [0.15, 0.2) is 6.10 Å². The predicted octanol–water partition coefficient (Wildman–Crippen LogP) is 5.39. The van der Waals surface area contributed by atoms with E-state index >= 15 is 0 Å². The summed E-state index contributed by atoms with van der Waals surface area (Å²) in [6.07, 6.45) is -2.53. The van der Waals surface area contributed by atoms with Gasteiger partial charge in [-0.3, -0.25) is 24.0 Å². The van der Waals surface area contributed by atoms with Crippen LogP contribution in [-0.4, -0.2) is 73.0 Å². The Bertz CT molecular complexity index is 1760. The summed E-state index contributed by atoms with van der Waals surface area (Å²) < 4.78 is 41.3. The molecule has 7 atom stereocenters. The van der Waals surface area contributed by atoms with Gasteiger partial charge in [-0.25, -0.2) is 4.39 Å². The van der Waals surface area contributed by atoms with E-state index in [0.717, 1.165) is 35.7 Å². The summed E-state index contributed by atoms with van der Waals surface area (Å²) in [6, 6.07) is 21.0. The summed E-state index contributed by atoms with van der Waals surface area (Å²) in [6.45, 7) is 3.22. The van der Waals surface area contributed by atoms with Crippen LogP contribution in [0.1, 0.15) is 62.8 Å². The van der Waals surface area contributed by atoms with Crippen LogP contribution in [-0.2, 0) is 55.8 Å². The number of methoxy groups -OCH3 is 1. The maximum absolute atomic E-state index is 13.7. The lowest BCUT2D eigenvalue weighted by Crippen LogP contribution is -2.59. The smallest absolute Gasteiger partial charge is 0.303 e. The third kappa shape index (κ3) is 9.78. The van der Waals surface area contributed by atoms with Crippen LogP contribution in [0.5, 0.6) is 5.75 Å². The molecule has 2 aliphatic rings. The van der Waals surface area contributed by atoms with Gasteiger partial charge in [-0.2, -0.15) is 0 Å². The number of amides is 1. The molecule has 2 heterocycles. The van der Waals surface area contributed by atoms with Crippen LogP contribution < -0.4 is 9.64 Å². The molecule has 2 aliphatic heterocycles. The maximum Gasteiger partial charge on any atom is 0.303 e. The van der Waals surface area contributed by atoms with E-state index in [1.165, 1.54) is 26.0 Å². The molecule has 1 N–H and O–H groups in total. The summed E-state index contributed by atoms with van der Waals surface area (Å²) in [5.41, 5.74) is 3.37. The van der Waals surface area contributed by atoms with Crippen LogP contribution in [0.15, 0.2) is 72.8 Å². The topological polar surface area (TPSA) is 155 Å². The highest BCUT2D eigenvalue weighted by Gasteiger charge is 2.51. The Balaban J connectivity index is 1.40. The van der Waals surface area contributed by atoms with Crippen LogP contribution in [0, 0.1) is 17.7 Å². The summed E-state index contributed by atoms with van der Waals surface area (Å²) >= 11 is 0. The number of halogens is 1. The first-order valence-corrected chi connectivity index (χ1v) is 17.5. The van der Waals surface area contributed by atoms with Crippen molar-refractivity contribution < 1.29 is 57.2 Å². The number of rotatable bonds is 15. The molecule has 5 rings (SSSR count). The monoisotopic (exact) mass is 733 g/mol. The van der Waals surface area contributed by atoms with Crippen molar-refractivity contribution >= 4 is 35.5 Å². The number of carbonyl (C=O) groups is 5. The van der Waals surface area contributed by atoms with Crippen molar-refractivity contribution in [3.63, 3.8) is 0 Å². The Labute approximate surface area is 307 Å². The Kier molecular flexibility index (Phi) is 12.8. The molecule has 13 heteroatoms. The molecular weight excluding hydrogens is 689 g/mol. The Hall–Kier alpha value is -5.30. The fraction of sp³-hybridized carbons (Fsp3) is 0.425. The van der Waals surface area contributed by atoms with Gasteiger partial charge in [-0.15, -0.1) is 0 Å². The first-order chi connectivity index (χ1) is 25.3. The van der Waals surface area contributed by atoms with E-state index in [2.05, 4.69) is 0 Å². The van der Waals surface area contributed by atoms with Crippen molar-refractivity contribution in [3.8, 4) is 5.75 Å². The average molecular weight is 734 g/mol. The quantitative estimate of drug-likeness (QED) is 0.122. The largest absolute Gasteiger partial charge is 0.497 e. The van der Waals surface area contributed by atoms with Gasteiger partial charge in [0.2, 0.25) is 5.91 Å². The predicted molar refractivity (Wildman–Crippen MR) is 188 cm³/mol. The molecule has 3 aromatic rings. The summed E-state index contributed by atoms with van der Waals surface area (Å²) in [5, 5.41) is 9.85. The fourth-order valence-corrected chi connectivity index (χ4v) is 7.23. The Morgan fingerprint density at radius 2 is 1.43 bits per heavy atom. The molecule has 0 aliphatic carbocycles. The minimum Gasteiger partial charge on any atom is -0.497 e. The first-order valence-electron chi connectivity index (χ1n) is 17.5. The SMILES string of the molecule is COc1ccc(N2C(=O)[C@H](CCCc3ccc(F)cc3)[C@H]2c2ccc(C[C@H]3O[C@H](COC(C)=O)[C@H](OC(C)=O)[C@H](OC(C)=O)[C@H]3CC(=O)O)cc2)cc1. The van der Waals surface area contributed by atoms with Gasteiger partial charge in [0, 0.05) is 32.4 Å². The molecule has 0 radical (unpaired) electrons. The van der Waals surface area contributed by atoms with E-state index in [1.54, 1.807) is 36.3 Å². The van der Waals surface area contributed by atoms with Crippen LogP contribution in [0.4, 0.5) is 10.1 Å². The first kappa shape index (κ1) is 38.9. The van der Waals surface area contributed by atoms with Gasteiger partial charge < -0.3 is 33.7 Å². The highest BCUT2D eigenvalue weighted by Crippen LogP contribution is 2.46. The molecule has 2 saturated heterocycles. The molecule has 282 valence electrons. The number of carboxylic acid groups (broad SMARTS) is 1. The fourth-order valence-electron chi connectivity index (χ4n) is 7.23. The number of nitrogens with zero attached hydrogens (tertiary/aromatic N) is 1. The summed E-state index contributed by atoms with van der Waals surface area (Å²) in [5.74, 6) is -4.06. The van der Waals surface area contributed by atoms with Gasteiger partial charge in [-0.1, -0.05) is 36.4 Å². The maximum atomic E-state index is 13.7. The number of benzene rings is 3. The highest BCUT2D eigenvalue weighted by molar-refractivity contribution is 6.03. The van der Waals surface area contributed by atoms with Crippen LogP contribution >= 0.6 is 0 Å². The molecule has 53 heavy (non-hydrogen) atoms. The molecule has 12 nitrogen and oxygen atoms in total. The van der Waals surface area contributed by atoms with Crippen molar-refractivity contribution in [3.05, 3.63) is 95.3 Å². The minimum absolute atomic E-state index is 0.00636. The zero-order valence-corrected chi connectivity index (χ0v) is 30.1. The van der Waals surface area contributed by atoms with Crippen molar-refractivity contribution in [2.75, 3.05) is 18.6 Å². The second-order valence-electron chi connectivity index (χ2n) is 13.3. The van der Waals surface area contributed by atoms with E-state index in [4.69, 9.17) is 23.7 Å². The average Bonchev–Trinajstić information content (AvgIpc) is 3.11. The number of β-lactam (4-membered cyclic amide) rings is 1. The standard InChI is InChI=1S/C40H44FNO11/c1-23(43)50-22-35-39(52-25(3)45)38(51-24(2)44)33(21-36(46)47)34(53-35)20-27-8-12-28(13-9-27)37-32(7-5-6-26-10-14-29(41)15-11-26)40(48)42(37)30-16-18-31(49-4)19-17-30/h8-19,32-35,37-39H,5-7,20-22H2,1-4H3,(H,46,47)/t32-,33+,34-,35-,37-,38-,39+/m1/s1. The molecule has 3 aromatic carbocycles. The van der Waals surface area contributed by atoms with E-state index in [1.807, 2.05) is 36.4 Å². The molecular formula is C40H44FNO11. The van der Waals surface area contributed by atoms with Crippen LogP contribution in [0.2, 0.25) is 0 Å². The number of anilines is 1. The van der Waals surface area contributed by atoms with Gasteiger partial charge >= 0.3 is 23.9 Å². The normalized spacial score (nSPS) is 23.8. The van der Waals surface area contributed by atoms with Gasteiger partial charge in [-0.05, 0) is 78.8 Å². The van der Waals surface area contributed by atoms with Gasteiger partial charge in [0.05, 0.1) is 31.6 Å². The number of aliphatic carboxylic acids is 1. The second-order valence-corrected chi connectivity index (χ2v) is 13.3. The second kappa shape index (κ2) is 17.5. The molecule has 0 aromatic heterocycles. The summed E-state index contributed by atoms with van der Waals surface area (Å²) in [7, 11) is 1.57. The number of hydrogen-bond donors (Lipinski definition) is 1. The molecule has 0 bridgehead atoms. The minimum atomic E-state index is -1.22. The lowest BCUT2D eigenvalue weighted by molar-refractivity contribution is -0.234. The van der Waals surface area contributed by atoms with E-state index in [-0.39, 0.29) is 36.7 Å². The van der Waals surface area contributed by atoms with Crippen LogP contribution in [0.3, 0.4) is 0 Å². The third-order valence-corrected chi connectivity index (χ3v) is 9.62. The van der Waals surface area contributed by atoms with E-state index in [9.17, 15) is 33.5 Å². The lowest BCUT2D eigenvalue weighted by atomic mass is 9.78. The number of esters is 3. The molecule has 0 saturated carbocycles. The molecule has 0 spiro atoms. The number of carbonyl (C=O) groups excluding carboxylic acids is 4. The van der Waals surface area contributed by atoms with E-state index in [0.29, 0.717) is 18.6 Å². The highest BCUT2D eigenvalue weighted by atomic mass is 19.1. The zero-order chi connectivity index (χ0) is 38.2. The Morgan fingerprint density at radius 1 is 0.811 bits per heavy atom. The van der Waals surface area contributed by atoms with Crippen molar-refractivity contribution in [1.82, 2.24) is 0 Å². The summed E-state index contributed by atoms with van der Waals surface area (Å²) in [4.78, 5) is 63.5. The van der Waals surface area contributed by atoms with Crippen molar-refractivity contribution in [2.45, 2.75) is 83.3 Å². The molecule has 0 unspecified atom stereocenters. The zero-order valence-electron chi connectivity index (χ0n) is 30.1. The number of carboxylic acids is 1. The van der Waals surface area contributed by atoms with Gasteiger partial charge in [0.25, 0.3) is 0 Å². The number of hydrogen-bond acceptors (Lipinski definition) is 10. The van der Waals surface area contributed by atoms with E-state index < -0.39 is 60.6 Å². The van der Waals surface area contributed by atoms with Crippen molar-refractivity contribution in [1.29, 1.82) is 0 Å². The number of aryl methyl sites for hydroxylation is 1.